The van der Waals surface area contributed by atoms with Crippen LogP contribution in [0.5, 0.6) is 5.75 Å². The number of carbonyl (C=O) groups is 3. The zero-order valence-corrected chi connectivity index (χ0v) is 18.3. The molecule has 31 heavy (non-hydrogen) atoms. The maximum atomic E-state index is 12.8. The molecule has 0 saturated carbocycles. The lowest BCUT2D eigenvalue weighted by atomic mass is 10.1. The summed E-state index contributed by atoms with van der Waals surface area (Å²) in [7, 11) is -3.25. The summed E-state index contributed by atoms with van der Waals surface area (Å²) in [5.41, 5.74) is 1.27. The van der Waals surface area contributed by atoms with Crippen molar-refractivity contribution in [3.8, 4) is 5.75 Å². The Morgan fingerprint density at radius 2 is 2.06 bits per heavy atom. The first-order valence-corrected chi connectivity index (χ1v) is 12.3. The summed E-state index contributed by atoms with van der Waals surface area (Å²) in [6.45, 7) is 1.36. The fraction of sp³-hybridized carbons (Fsp3) is 0.350. The Kier molecular flexibility index (Phi) is 5.71. The van der Waals surface area contributed by atoms with Crippen molar-refractivity contribution >= 4 is 49.6 Å². The number of amides is 2. The molecule has 2 aromatic rings. The van der Waals surface area contributed by atoms with E-state index >= 15 is 0 Å². The van der Waals surface area contributed by atoms with Crippen molar-refractivity contribution in [1.29, 1.82) is 0 Å². The predicted octanol–water partition coefficient (Wildman–Crippen LogP) is 1.76. The third-order valence-electron chi connectivity index (χ3n) is 4.95. The van der Waals surface area contributed by atoms with E-state index in [2.05, 4.69) is 5.32 Å². The SMILES string of the molecule is CCOC(=O)c1c(NC(=O)CN2C(=O)COc3ccccc32)sc2c1CCS(=O)(=O)C2. The highest BCUT2D eigenvalue weighted by Gasteiger charge is 2.33. The van der Waals surface area contributed by atoms with E-state index in [9.17, 15) is 22.8 Å². The van der Waals surface area contributed by atoms with E-state index in [1.54, 1.807) is 31.2 Å². The maximum Gasteiger partial charge on any atom is 0.341 e. The monoisotopic (exact) mass is 464 g/mol. The molecule has 0 unspecified atom stereocenters. The number of ether oxygens (including phenoxy) is 2. The molecule has 3 heterocycles. The molecule has 0 fully saturated rings. The van der Waals surface area contributed by atoms with Crippen molar-refractivity contribution in [2.45, 2.75) is 19.1 Å². The van der Waals surface area contributed by atoms with Gasteiger partial charge in [0.25, 0.3) is 5.91 Å². The molecule has 1 aromatic heterocycles. The molecule has 0 atom stereocenters. The van der Waals surface area contributed by atoms with Crippen LogP contribution in [0.4, 0.5) is 10.7 Å². The Labute approximate surface area is 182 Å². The van der Waals surface area contributed by atoms with E-state index in [1.165, 1.54) is 4.90 Å². The number of para-hydroxylation sites is 2. The van der Waals surface area contributed by atoms with Crippen LogP contribution in [-0.2, 0) is 36.3 Å². The summed E-state index contributed by atoms with van der Waals surface area (Å²) in [6, 6.07) is 6.89. The number of thiophene rings is 1. The second kappa shape index (κ2) is 8.31. The van der Waals surface area contributed by atoms with Crippen molar-refractivity contribution in [2.24, 2.45) is 0 Å². The number of fused-ring (bicyclic) bond motifs is 2. The topological polar surface area (TPSA) is 119 Å². The summed E-state index contributed by atoms with van der Waals surface area (Å²) in [6.07, 6.45) is 0.188. The minimum atomic E-state index is -3.25. The number of sulfone groups is 1. The molecule has 2 aliphatic heterocycles. The highest BCUT2D eigenvalue weighted by Crippen LogP contribution is 2.38. The number of rotatable bonds is 5. The van der Waals surface area contributed by atoms with E-state index in [-0.39, 0.29) is 54.2 Å². The van der Waals surface area contributed by atoms with Gasteiger partial charge < -0.3 is 14.8 Å². The first-order chi connectivity index (χ1) is 14.8. The van der Waals surface area contributed by atoms with Crippen molar-refractivity contribution < 1.29 is 32.3 Å². The van der Waals surface area contributed by atoms with Crippen molar-refractivity contribution in [3.05, 3.63) is 40.3 Å². The molecule has 2 aliphatic rings. The smallest absolute Gasteiger partial charge is 0.341 e. The zero-order chi connectivity index (χ0) is 22.2. The number of hydrogen-bond acceptors (Lipinski definition) is 8. The highest BCUT2D eigenvalue weighted by atomic mass is 32.2. The van der Waals surface area contributed by atoms with Crippen LogP contribution in [0.2, 0.25) is 0 Å². The largest absolute Gasteiger partial charge is 0.482 e. The van der Waals surface area contributed by atoms with Crippen LogP contribution in [0.3, 0.4) is 0 Å². The Morgan fingerprint density at radius 1 is 1.29 bits per heavy atom. The number of nitrogens with zero attached hydrogens (tertiary/aromatic N) is 1. The van der Waals surface area contributed by atoms with Crippen LogP contribution in [0.1, 0.15) is 27.7 Å². The van der Waals surface area contributed by atoms with Gasteiger partial charge in [-0.25, -0.2) is 13.2 Å². The normalized spacial score (nSPS) is 16.7. The summed E-state index contributed by atoms with van der Waals surface area (Å²) in [4.78, 5) is 39.5. The fourth-order valence-corrected chi connectivity index (χ4v) is 6.62. The van der Waals surface area contributed by atoms with Crippen LogP contribution >= 0.6 is 11.3 Å². The maximum absolute atomic E-state index is 12.8. The molecule has 1 N–H and O–H groups in total. The molecule has 0 spiro atoms. The number of esters is 1. The molecule has 9 nitrogen and oxygen atoms in total. The molecule has 0 radical (unpaired) electrons. The highest BCUT2D eigenvalue weighted by molar-refractivity contribution is 7.90. The molecule has 1 aromatic carbocycles. The van der Waals surface area contributed by atoms with Gasteiger partial charge in [-0.2, -0.15) is 0 Å². The van der Waals surface area contributed by atoms with Gasteiger partial charge in [0, 0.05) is 4.88 Å². The fourth-order valence-electron chi connectivity index (χ4n) is 3.57. The second-order valence-electron chi connectivity index (χ2n) is 7.05. The van der Waals surface area contributed by atoms with Crippen LogP contribution in [-0.4, -0.2) is 51.7 Å². The van der Waals surface area contributed by atoms with Crippen molar-refractivity contribution in [3.63, 3.8) is 0 Å². The van der Waals surface area contributed by atoms with Gasteiger partial charge in [0.15, 0.2) is 16.4 Å². The standard InChI is InChI=1S/C20H20N2O7S2/c1-2-28-20(25)18-12-7-8-31(26,27)11-15(12)30-19(18)21-16(23)9-22-13-5-3-4-6-14(13)29-10-17(22)24/h3-6H,2,7-11H2,1H3,(H,21,23). The summed E-state index contributed by atoms with van der Waals surface area (Å²) in [5.74, 6) is -1.23. The molecule has 2 amide bonds. The number of carbonyl (C=O) groups excluding carboxylic acids is 3. The molecular weight excluding hydrogens is 444 g/mol. The van der Waals surface area contributed by atoms with Crippen LogP contribution in [0, 0.1) is 0 Å². The average Bonchev–Trinajstić information content (AvgIpc) is 3.06. The third kappa shape index (κ3) is 4.28. The summed E-state index contributed by atoms with van der Waals surface area (Å²) < 4.78 is 34.5. The molecular formula is C20H20N2O7S2. The molecule has 0 bridgehead atoms. The summed E-state index contributed by atoms with van der Waals surface area (Å²) in [5, 5.41) is 2.92. The summed E-state index contributed by atoms with van der Waals surface area (Å²) >= 11 is 1.06. The minimum Gasteiger partial charge on any atom is -0.482 e. The Hall–Kier alpha value is -2.92. The van der Waals surface area contributed by atoms with E-state index in [0.717, 1.165) is 11.3 Å². The lowest BCUT2D eigenvalue weighted by Crippen LogP contribution is -2.43. The first-order valence-electron chi connectivity index (χ1n) is 9.63. The van der Waals surface area contributed by atoms with E-state index in [4.69, 9.17) is 9.47 Å². The van der Waals surface area contributed by atoms with Gasteiger partial charge >= 0.3 is 5.97 Å². The molecule has 164 valence electrons. The molecule has 11 heteroatoms. The number of benzene rings is 1. The average molecular weight is 465 g/mol. The van der Waals surface area contributed by atoms with Gasteiger partial charge in [-0.05, 0) is 31.0 Å². The third-order valence-corrected chi connectivity index (χ3v) is 7.83. The van der Waals surface area contributed by atoms with Crippen LogP contribution < -0.4 is 15.0 Å². The van der Waals surface area contributed by atoms with Gasteiger partial charge in [-0.15, -0.1) is 11.3 Å². The van der Waals surface area contributed by atoms with E-state index < -0.39 is 21.7 Å². The van der Waals surface area contributed by atoms with E-state index in [1.807, 2.05) is 0 Å². The Morgan fingerprint density at radius 3 is 2.84 bits per heavy atom. The van der Waals surface area contributed by atoms with Gasteiger partial charge in [0.1, 0.15) is 17.3 Å². The van der Waals surface area contributed by atoms with Gasteiger partial charge in [0.05, 0.1) is 29.4 Å². The zero-order valence-electron chi connectivity index (χ0n) is 16.7. The number of nitrogens with one attached hydrogen (secondary N) is 1. The van der Waals surface area contributed by atoms with Crippen LogP contribution in [0.15, 0.2) is 24.3 Å². The van der Waals surface area contributed by atoms with Gasteiger partial charge in [-0.1, -0.05) is 12.1 Å². The van der Waals surface area contributed by atoms with Crippen molar-refractivity contribution in [1.82, 2.24) is 0 Å². The first kappa shape index (κ1) is 21.3. The second-order valence-corrected chi connectivity index (χ2v) is 10.3. The van der Waals surface area contributed by atoms with E-state index in [0.29, 0.717) is 21.9 Å². The Balaban J connectivity index is 1.61. The number of hydrogen-bond donors (Lipinski definition) is 1. The lowest BCUT2D eigenvalue weighted by Gasteiger charge is -2.28. The van der Waals surface area contributed by atoms with Gasteiger partial charge in [-0.3, -0.25) is 14.5 Å². The quantitative estimate of drug-likeness (QED) is 0.670. The number of anilines is 2. The molecule has 0 saturated heterocycles. The van der Waals surface area contributed by atoms with Crippen LogP contribution in [0.25, 0.3) is 0 Å². The van der Waals surface area contributed by atoms with Crippen molar-refractivity contribution in [2.75, 3.05) is 35.7 Å². The minimum absolute atomic E-state index is 0.0599. The molecule has 4 rings (SSSR count). The molecule has 0 aliphatic carbocycles. The Bertz CT molecular complexity index is 1170. The lowest BCUT2D eigenvalue weighted by molar-refractivity contribution is -0.123. The predicted molar refractivity (Wildman–Crippen MR) is 114 cm³/mol. The van der Waals surface area contributed by atoms with Gasteiger partial charge in [0.2, 0.25) is 5.91 Å².